The van der Waals surface area contributed by atoms with Gasteiger partial charge in [-0.2, -0.15) is 0 Å². The van der Waals surface area contributed by atoms with Gasteiger partial charge in [-0.15, -0.1) is 0 Å². The van der Waals surface area contributed by atoms with Crippen molar-refractivity contribution in [2.75, 3.05) is 9.80 Å². The number of rotatable bonds is 2. The molecule has 2 atom stereocenters. The molecule has 10 rings (SSSR count). The van der Waals surface area contributed by atoms with Crippen LogP contribution in [0.5, 0.6) is 5.75 Å². The number of para-hydroxylation sites is 3. The van der Waals surface area contributed by atoms with E-state index in [0.717, 1.165) is 11.4 Å². The van der Waals surface area contributed by atoms with Crippen LogP contribution in [0.4, 0.5) is 28.4 Å². The lowest BCUT2D eigenvalue weighted by atomic mass is 9.32. The van der Waals surface area contributed by atoms with Gasteiger partial charge in [-0.25, -0.2) is 0 Å². The van der Waals surface area contributed by atoms with Gasteiger partial charge in [-0.05, 0) is 69.5 Å². The first-order valence-electron chi connectivity index (χ1n) is 15.4. The summed E-state index contributed by atoms with van der Waals surface area (Å²) < 4.78 is 7.37. The predicted molar refractivity (Wildman–Crippen MR) is 183 cm³/mol. The van der Waals surface area contributed by atoms with Crippen molar-refractivity contribution in [2.45, 2.75) is 12.0 Å². The van der Waals surface area contributed by atoms with E-state index < -0.39 is 0 Å². The molecule has 0 saturated carbocycles. The SMILES string of the molecule is c1ccc(N2c3ccccc3B3c4c2cccc4N(c2ccccc2)C2c4c(c5ccccc5c5ccccc45)OC32)cc1. The summed E-state index contributed by atoms with van der Waals surface area (Å²) in [7, 11) is 0. The molecule has 0 N–H and O–H groups in total. The molecular formula is C40H27BN2O. The minimum atomic E-state index is -0.118. The highest BCUT2D eigenvalue weighted by atomic mass is 16.5. The molecule has 206 valence electrons. The predicted octanol–water partition coefficient (Wildman–Crippen LogP) is 8.58. The second-order valence-corrected chi connectivity index (χ2v) is 12.0. The third kappa shape index (κ3) is 3.12. The zero-order valence-electron chi connectivity index (χ0n) is 24.0. The Bertz CT molecular complexity index is 2250. The number of benzene rings is 7. The Morgan fingerprint density at radius 1 is 0.477 bits per heavy atom. The average molecular weight is 562 g/mol. The first kappa shape index (κ1) is 24.0. The number of hydrogen-bond acceptors (Lipinski definition) is 3. The summed E-state index contributed by atoms with van der Waals surface area (Å²) in [6, 6.07) is 54.8. The van der Waals surface area contributed by atoms with Crippen LogP contribution in [0.3, 0.4) is 0 Å². The zero-order chi connectivity index (χ0) is 28.8. The Kier molecular flexibility index (Phi) is 4.92. The van der Waals surface area contributed by atoms with Crippen molar-refractivity contribution >= 4 is 67.6 Å². The molecule has 3 aliphatic rings. The summed E-state index contributed by atoms with van der Waals surface area (Å²) in [5, 5.41) is 4.97. The number of anilines is 5. The van der Waals surface area contributed by atoms with Crippen molar-refractivity contribution in [3.05, 3.63) is 157 Å². The van der Waals surface area contributed by atoms with Crippen LogP contribution in [0.25, 0.3) is 21.5 Å². The van der Waals surface area contributed by atoms with E-state index >= 15 is 0 Å². The van der Waals surface area contributed by atoms with E-state index in [-0.39, 0.29) is 18.8 Å². The molecule has 0 amide bonds. The van der Waals surface area contributed by atoms with Crippen molar-refractivity contribution < 1.29 is 4.74 Å². The van der Waals surface area contributed by atoms with Gasteiger partial charge in [0.05, 0.1) is 6.04 Å². The van der Waals surface area contributed by atoms with Crippen LogP contribution in [-0.2, 0) is 0 Å². The standard InChI is InChI=1S/C40H27BN2O/c1-3-14-26(15-4-1)42-33-23-12-11-22-32(33)41-37-34(42)24-13-25-35(37)43(27-16-5-2-6-17-27)38-36-30-20-9-7-18-28(30)29-19-8-10-21-31(29)39(36)44-40(38)41/h1-25,38,40H. The van der Waals surface area contributed by atoms with Crippen molar-refractivity contribution in [1.82, 2.24) is 0 Å². The normalized spacial score (nSPS) is 17.6. The minimum Gasteiger partial charge on any atom is -0.494 e. The number of hydrogen-bond donors (Lipinski definition) is 0. The van der Waals surface area contributed by atoms with Crippen molar-refractivity contribution in [2.24, 2.45) is 0 Å². The van der Waals surface area contributed by atoms with Crippen LogP contribution in [0, 0.1) is 0 Å². The summed E-state index contributed by atoms with van der Waals surface area (Å²) in [5.41, 5.74) is 9.92. The fourth-order valence-corrected chi connectivity index (χ4v) is 8.19. The van der Waals surface area contributed by atoms with E-state index in [1.807, 2.05) is 0 Å². The zero-order valence-corrected chi connectivity index (χ0v) is 24.0. The Hall–Kier alpha value is -5.48. The molecule has 3 nitrogen and oxygen atoms in total. The van der Waals surface area contributed by atoms with Gasteiger partial charge in [-0.1, -0.05) is 109 Å². The fraction of sp³-hybridized carbons (Fsp3) is 0.0500. The molecule has 7 aromatic carbocycles. The topological polar surface area (TPSA) is 15.7 Å². The Morgan fingerprint density at radius 2 is 1.05 bits per heavy atom. The molecule has 0 spiro atoms. The fourth-order valence-electron chi connectivity index (χ4n) is 8.19. The number of fused-ring (bicyclic) bond motifs is 11. The molecule has 0 radical (unpaired) electrons. The van der Waals surface area contributed by atoms with E-state index in [1.54, 1.807) is 0 Å². The first-order chi connectivity index (χ1) is 21.9. The van der Waals surface area contributed by atoms with Crippen LogP contribution in [0.1, 0.15) is 11.6 Å². The third-order valence-corrected chi connectivity index (χ3v) is 9.82. The van der Waals surface area contributed by atoms with Gasteiger partial charge in [0, 0.05) is 39.4 Å². The maximum Gasteiger partial charge on any atom is 0.267 e. The molecule has 0 fully saturated rings. The second-order valence-electron chi connectivity index (χ2n) is 12.0. The van der Waals surface area contributed by atoms with Crippen molar-refractivity contribution in [1.29, 1.82) is 0 Å². The number of nitrogens with zero attached hydrogens (tertiary/aromatic N) is 2. The summed E-state index contributed by atoms with van der Waals surface area (Å²) in [6.45, 7) is 0.0623. The van der Waals surface area contributed by atoms with Crippen LogP contribution in [0.15, 0.2) is 152 Å². The molecule has 3 heterocycles. The lowest BCUT2D eigenvalue weighted by molar-refractivity contribution is 0.285. The monoisotopic (exact) mass is 562 g/mol. The second kappa shape index (κ2) is 9.01. The molecule has 0 aromatic heterocycles. The summed E-state index contributed by atoms with van der Waals surface area (Å²) in [5.74, 6) is 1.02. The first-order valence-corrected chi connectivity index (χ1v) is 15.4. The van der Waals surface area contributed by atoms with Gasteiger partial charge in [0.25, 0.3) is 6.71 Å². The highest BCUT2D eigenvalue weighted by Crippen LogP contribution is 2.55. The quantitative estimate of drug-likeness (QED) is 0.155. The molecule has 2 unspecified atom stereocenters. The Balaban J connectivity index is 1.33. The Morgan fingerprint density at radius 3 is 1.82 bits per heavy atom. The van der Waals surface area contributed by atoms with Gasteiger partial charge in [0.2, 0.25) is 0 Å². The maximum atomic E-state index is 7.37. The van der Waals surface area contributed by atoms with Crippen molar-refractivity contribution in [3.63, 3.8) is 0 Å². The highest BCUT2D eigenvalue weighted by Gasteiger charge is 2.55. The minimum absolute atomic E-state index is 0.00834. The van der Waals surface area contributed by atoms with Gasteiger partial charge in [0.15, 0.2) is 0 Å². The van der Waals surface area contributed by atoms with Crippen molar-refractivity contribution in [3.8, 4) is 5.75 Å². The molecule has 4 heteroatoms. The van der Waals surface area contributed by atoms with Gasteiger partial charge < -0.3 is 14.5 Å². The highest BCUT2D eigenvalue weighted by molar-refractivity contribution is 6.91. The van der Waals surface area contributed by atoms with E-state index in [1.165, 1.54) is 60.8 Å². The van der Waals surface area contributed by atoms with E-state index in [2.05, 4.69) is 161 Å². The molecule has 0 aliphatic carbocycles. The molecule has 0 bridgehead atoms. The molecular weight excluding hydrogens is 535 g/mol. The van der Waals surface area contributed by atoms with Gasteiger partial charge >= 0.3 is 0 Å². The lowest BCUT2D eigenvalue weighted by Gasteiger charge is -2.47. The summed E-state index contributed by atoms with van der Waals surface area (Å²) in [6.07, 6.45) is 0. The summed E-state index contributed by atoms with van der Waals surface area (Å²) >= 11 is 0. The molecule has 44 heavy (non-hydrogen) atoms. The Labute approximate surface area is 256 Å². The molecule has 3 aliphatic heterocycles. The van der Waals surface area contributed by atoms with E-state index in [4.69, 9.17) is 4.74 Å². The van der Waals surface area contributed by atoms with Crippen LogP contribution in [-0.4, -0.2) is 12.7 Å². The largest absolute Gasteiger partial charge is 0.494 e. The lowest BCUT2D eigenvalue weighted by Crippen LogP contribution is -2.64. The maximum absolute atomic E-state index is 7.37. The van der Waals surface area contributed by atoms with Crippen LogP contribution < -0.4 is 25.5 Å². The number of ether oxygens (including phenoxy) is 1. The average Bonchev–Trinajstić information content (AvgIpc) is 3.50. The molecule has 0 saturated heterocycles. The van der Waals surface area contributed by atoms with E-state index in [0.29, 0.717) is 0 Å². The molecule has 7 aromatic rings. The van der Waals surface area contributed by atoms with Crippen LogP contribution in [0.2, 0.25) is 0 Å². The van der Waals surface area contributed by atoms with E-state index in [9.17, 15) is 0 Å². The third-order valence-electron chi connectivity index (χ3n) is 9.82. The smallest absolute Gasteiger partial charge is 0.267 e. The van der Waals surface area contributed by atoms with Gasteiger partial charge in [0.1, 0.15) is 11.8 Å². The van der Waals surface area contributed by atoms with Crippen LogP contribution >= 0.6 is 0 Å². The summed E-state index contributed by atoms with van der Waals surface area (Å²) in [4.78, 5) is 4.99. The van der Waals surface area contributed by atoms with Gasteiger partial charge in [-0.3, -0.25) is 0 Å².